The van der Waals surface area contributed by atoms with E-state index in [0.717, 1.165) is 22.4 Å². The van der Waals surface area contributed by atoms with Crippen LogP contribution in [0.1, 0.15) is 22.5 Å². The van der Waals surface area contributed by atoms with Crippen LogP contribution in [0.3, 0.4) is 0 Å². The average molecular weight is 372 g/mol. The monoisotopic (exact) mass is 372 g/mol. The number of nitrogens with one attached hydrogen (secondary N) is 1. The summed E-state index contributed by atoms with van der Waals surface area (Å²) >= 11 is 0. The highest BCUT2D eigenvalue weighted by atomic mass is 32.2. The lowest BCUT2D eigenvalue weighted by molar-refractivity contribution is -0.619. The van der Waals surface area contributed by atoms with Gasteiger partial charge in [-0.2, -0.15) is 5.26 Å². The molecule has 3 N–H and O–H groups in total. The zero-order valence-electron chi connectivity index (χ0n) is 14.8. The summed E-state index contributed by atoms with van der Waals surface area (Å²) in [6.45, 7) is 5.12. The van der Waals surface area contributed by atoms with E-state index in [1.807, 2.05) is 31.2 Å². The van der Waals surface area contributed by atoms with E-state index in [2.05, 4.69) is 11.1 Å². The molecule has 0 aliphatic heterocycles. The van der Waals surface area contributed by atoms with Crippen molar-refractivity contribution in [3.63, 3.8) is 0 Å². The van der Waals surface area contributed by atoms with Crippen molar-refractivity contribution in [3.8, 4) is 6.07 Å². The zero-order valence-corrected chi connectivity index (χ0v) is 15.6. The lowest BCUT2D eigenvalue weighted by Crippen LogP contribution is -2.46. The SMILES string of the molecule is Cc1cc(C)c(S(=O)(=O)[O-])c(C)c1.N#CCc1[nH]c2ccccc2[n+]1N. The third-order valence-corrected chi connectivity index (χ3v) is 4.98. The van der Waals surface area contributed by atoms with E-state index in [1.165, 1.54) is 4.68 Å². The Balaban J connectivity index is 0.000000187. The molecule has 0 atom stereocenters. The first kappa shape index (κ1) is 19.4. The van der Waals surface area contributed by atoms with E-state index >= 15 is 0 Å². The number of aromatic nitrogens is 2. The van der Waals surface area contributed by atoms with Crippen LogP contribution in [-0.4, -0.2) is 18.0 Å². The standard InChI is InChI=1S/C9H8N4.C9H12O3S/c10-6-5-9-12-7-3-1-2-4-8(7)13(9)11;1-6-4-7(2)9(8(3)5-6)13(10,11)12/h1-4H,5,11H2;4-5H,1-3H3,(H,10,11,12). The van der Waals surface area contributed by atoms with Gasteiger partial charge in [0.2, 0.25) is 0 Å². The Hall–Kier alpha value is -2.89. The first-order valence-corrected chi connectivity index (χ1v) is 9.23. The van der Waals surface area contributed by atoms with Gasteiger partial charge in [0.1, 0.15) is 16.5 Å². The number of benzene rings is 2. The molecule has 7 nitrogen and oxygen atoms in total. The Morgan fingerprint density at radius 3 is 2.27 bits per heavy atom. The van der Waals surface area contributed by atoms with Crippen LogP contribution in [0, 0.1) is 32.1 Å². The highest BCUT2D eigenvalue weighted by Crippen LogP contribution is 2.20. The minimum atomic E-state index is -4.33. The maximum atomic E-state index is 10.8. The summed E-state index contributed by atoms with van der Waals surface area (Å²) in [5.41, 5.74) is 3.87. The molecule has 136 valence electrons. The number of aromatic amines is 1. The van der Waals surface area contributed by atoms with Crippen LogP contribution in [0.2, 0.25) is 0 Å². The third kappa shape index (κ3) is 4.20. The highest BCUT2D eigenvalue weighted by Gasteiger charge is 2.14. The van der Waals surface area contributed by atoms with Crippen molar-refractivity contribution in [1.82, 2.24) is 4.98 Å². The van der Waals surface area contributed by atoms with Crippen LogP contribution < -0.4 is 10.5 Å². The van der Waals surface area contributed by atoms with Crippen LogP contribution in [0.25, 0.3) is 11.0 Å². The lowest BCUT2D eigenvalue weighted by atomic mass is 10.1. The number of H-pyrrole nitrogens is 1. The maximum Gasteiger partial charge on any atom is 0.292 e. The summed E-state index contributed by atoms with van der Waals surface area (Å²) in [5, 5.41) is 8.53. The molecule has 0 fully saturated rings. The molecule has 1 heterocycles. The molecule has 1 aromatic heterocycles. The summed E-state index contributed by atoms with van der Waals surface area (Å²) in [6.07, 6.45) is 0.297. The molecule has 3 aromatic rings. The summed E-state index contributed by atoms with van der Waals surface area (Å²) in [7, 11) is -4.33. The summed E-state index contributed by atoms with van der Waals surface area (Å²) < 4.78 is 34.0. The second-order valence-electron chi connectivity index (χ2n) is 5.98. The summed E-state index contributed by atoms with van der Waals surface area (Å²) in [6, 6.07) is 13.1. The topological polar surface area (TPSA) is 127 Å². The molecule has 0 radical (unpaired) electrons. The number of imidazole rings is 1. The smallest absolute Gasteiger partial charge is 0.292 e. The molecule has 0 spiro atoms. The van der Waals surface area contributed by atoms with E-state index in [-0.39, 0.29) is 4.90 Å². The van der Waals surface area contributed by atoms with Gasteiger partial charge in [0.05, 0.1) is 11.0 Å². The molecular formula is C18H20N4O3S. The van der Waals surface area contributed by atoms with Gasteiger partial charge in [-0.05, 0) is 44.0 Å². The molecule has 0 aliphatic rings. The fraction of sp³-hybridized carbons (Fsp3) is 0.222. The first-order chi connectivity index (χ1) is 12.1. The minimum absolute atomic E-state index is 0.0851. The van der Waals surface area contributed by atoms with Crippen molar-refractivity contribution < 1.29 is 17.6 Å². The van der Waals surface area contributed by atoms with Gasteiger partial charge in [-0.1, -0.05) is 29.8 Å². The Kier molecular flexibility index (Phi) is 5.65. The van der Waals surface area contributed by atoms with Gasteiger partial charge in [0, 0.05) is 0 Å². The Morgan fingerprint density at radius 2 is 1.77 bits per heavy atom. The Morgan fingerprint density at radius 1 is 1.19 bits per heavy atom. The first-order valence-electron chi connectivity index (χ1n) is 7.82. The van der Waals surface area contributed by atoms with E-state index in [4.69, 9.17) is 11.1 Å². The number of aryl methyl sites for hydroxylation is 3. The second-order valence-corrected chi connectivity index (χ2v) is 7.29. The van der Waals surface area contributed by atoms with Crippen molar-refractivity contribution in [2.24, 2.45) is 0 Å². The van der Waals surface area contributed by atoms with Crippen molar-refractivity contribution in [3.05, 3.63) is 58.9 Å². The van der Waals surface area contributed by atoms with Crippen LogP contribution in [0.4, 0.5) is 0 Å². The Bertz CT molecular complexity index is 1070. The molecule has 0 bridgehead atoms. The van der Waals surface area contributed by atoms with E-state index < -0.39 is 10.1 Å². The number of hydrogen-bond acceptors (Lipinski definition) is 5. The molecule has 0 amide bonds. The highest BCUT2D eigenvalue weighted by molar-refractivity contribution is 7.85. The van der Waals surface area contributed by atoms with Crippen LogP contribution in [-0.2, 0) is 16.5 Å². The van der Waals surface area contributed by atoms with Crippen molar-refractivity contribution in [2.75, 3.05) is 5.84 Å². The molecule has 0 aliphatic carbocycles. The fourth-order valence-corrected chi connectivity index (χ4v) is 3.82. The molecular weight excluding hydrogens is 352 g/mol. The molecule has 0 saturated carbocycles. The van der Waals surface area contributed by atoms with Gasteiger partial charge in [-0.25, -0.2) is 13.4 Å². The predicted molar refractivity (Wildman–Crippen MR) is 96.6 cm³/mol. The molecule has 0 saturated heterocycles. The second kappa shape index (κ2) is 7.56. The largest absolute Gasteiger partial charge is 0.744 e. The minimum Gasteiger partial charge on any atom is -0.744 e. The van der Waals surface area contributed by atoms with E-state index in [9.17, 15) is 13.0 Å². The maximum absolute atomic E-state index is 10.8. The van der Waals surface area contributed by atoms with Gasteiger partial charge in [-0.3, -0.25) is 5.84 Å². The van der Waals surface area contributed by atoms with Crippen molar-refractivity contribution >= 4 is 21.2 Å². The van der Waals surface area contributed by atoms with Gasteiger partial charge in [0.15, 0.2) is 11.0 Å². The van der Waals surface area contributed by atoms with Gasteiger partial charge in [0.25, 0.3) is 5.82 Å². The molecule has 2 aromatic carbocycles. The predicted octanol–water partition coefficient (Wildman–Crippen LogP) is 1.75. The lowest BCUT2D eigenvalue weighted by Gasteiger charge is -2.14. The van der Waals surface area contributed by atoms with Crippen LogP contribution in [0.5, 0.6) is 0 Å². The summed E-state index contributed by atoms with van der Waals surface area (Å²) in [5.74, 6) is 6.48. The number of nitrogens with zero attached hydrogens (tertiary/aromatic N) is 2. The average Bonchev–Trinajstić information content (AvgIpc) is 2.83. The summed E-state index contributed by atoms with van der Waals surface area (Å²) in [4.78, 5) is 3.00. The third-order valence-electron chi connectivity index (χ3n) is 3.83. The quantitative estimate of drug-likeness (QED) is 0.402. The molecule has 8 heteroatoms. The zero-order chi connectivity index (χ0) is 19.5. The van der Waals surface area contributed by atoms with Gasteiger partial charge >= 0.3 is 0 Å². The van der Waals surface area contributed by atoms with E-state index in [1.54, 1.807) is 26.0 Å². The number of hydrogen-bond donors (Lipinski definition) is 2. The number of rotatable bonds is 2. The number of fused-ring (bicyclic) bond motifs is 1. The Labute approximate surface area is 152 Å². The fourth-order valence-electron chi connectivity index (χ4n) is 2.92. The number of nitrogen functional groups attached to an aromatic ring is 1. The molecule has 3 rings (SSSR count). The van der Waals surface area contributed by atoms with Gasteiger partial charge < -0.3 is 4.55 Å². The molecule has 26 heavy (non-hydrogen) atoms. The van der Waals surface area contributed by atoms with Crippen molar-refractivity contribution in [1.29, 1.82) is 5.26 Å². The van der Waals surface area contributed by atoms with Crippen LogP contribution in [0.15, 0.2) is 41.3 Å². The van der Waals surface area contributed by atoms with Gasteiger partial charge in [-0.15, -0.1) is 4.68 Å². The van der Waals surface area contributed by atoms with E-state index in [0.29, 0.717) is 17.5 Å². The van der Waals surface area contributed by atoms with Crippen LogP contribution >= 0.6 is 0 Å². The normalized spacial score (nSPS) is 10.9. The molecule has 0 unspecified atom stereocenters. The van der Waals surface area contributed by atoms with Crippen molar-refractivity contribution in [2.45, 2.75) is 32.1 Å². The number of nitrogens with two attached hydrogens (primary N) is 1. The number of para-hydroxylation sites is 2. The number of nitriles is 1.